The normalized spacial score (nSPS) is 13.9. The first-order chi connectivity index (χ1) is 13.1. The second kappa shape index (κ2) is 7.37. The van der Waals surface area contributed by atoms with Crippen LogP contribution in [0.2, 0.25) is 5.02 Å². The maximum absolute atomic E-state index is 12.6. The van der Waals surface area contributed by atoms with Crippen molar-refractivity contribution >= 4 is 45.3 Å². The fourth-order valence-corrected chi connectivity index (χ4v) is 5.03. The number of nitrogens with one attached hydrogen (secondary N) is 1. The zero-order chi connectivity index (χ0) is 19.0. The number of aromatic nitrogens is 2. The highest BCUT2D eigenvalue weighted by Crippen LogP contribution is 2.36. The number of H-pyrrole nitrogens is 1. The van der Waals surface area contributed by atoms with Crippen LogP contribution >= 0.6 is 22.9 Å². The van der Waals surface area contributed by atoms with Crippen LogP contribution in [0.4, 0.5) is 0 Å². The van der Waals surface area contributed by atoms with Gasteiger partial charge in [-0.3, -0.25) is 4.79 Å². The molecule has 0 atom stereocenters. The fourth-order valence-electron chi connectivity index (χ4n) is 3.47. The van der Waals surface area contributed by atoms with Gasteiger partial charge in [0.25, 0.3) is 5.56 Å². The van der Waals surface area contributed by atoms with Gasteiger partial charge in [0.05, 0.1) is 24.6 Å². The van der Waals surface area contributed by atoms with Crippen molar-refractivity contribution in [3.05, 3.63) is 49.3 Å². The first-order valence-electron chi connectivity index (χ1n) is 8.75. The lowest BCUT2D eigenvalue weighted by Crippen LogP contribution is -2.11. The first kappa shape index (κ1) is 18.1. The zero-order valence-electron chi connectivity index (χ0n) is 15.1. The molecule has 0 bridgehead atoms. The summed E-state index contributed by atoms with van der Waals surface area (Å²) in [5, 5.41) is 1.22. The molecule has 0 unspecified atom stereocenters. The van der Waals surface area contributed by atoms with Crippen molar-refractivity contribution in [2.75, 3.05) is 14.2 Å². The largest absolute Gasteiger partial charge is 0.493 e. The van der Waals surface area contributed by atoms with Gasteiger partial charge >= 0.3 is 0 Å². The van der Waals surface area contributed by atoms with E-state index in [1.807, 2.05) is 12.1 Å². The number of halogens is 1. The number of hydrogen-bond donors (Lipinski definition) is 1. The van der Waals surface area contributed by atoms with E-state index in [1.54, 1.807) is 37.7 Å². The number of fused-ring (bicyclic) bond motifs is 3. The van der Waals surface area contributed by atoms with E-state index in [0.29, 0.717) is 22.3 Å². The van der Waals surface area contributed by atoms with Gasteiger partial charge in [-0.05, 0) is 55.0 Å². The Labute approximate surface area is 165 Å². The lowest BCUT2D eigenvalue weighted by atomic mass is 9.97. The number of methoxy groups -OCH3 is 2. The van der Waals surface area contributed by atoms with Crippen LogP contribution in [0.3, 0.4) is 0 Å². The van der Waals surface area contributed by atoms with Crippen LogP contribution < -0.4 is 15.0 Å². The van der Waals surface area contributed by atoms with Gasteiger partial charge in [-0.15, -0.1) is 11.3 Å². The second-order valence-electron chi connectivity index (χ2n) is 6.41. The van der Waals surface area contributed by atoms with Crippen molar-refractivity contribution in [1.82, 2.24) is 9.97 Å². The second-order valence-corrected chi connectivity index (χ2v) is 7.90. The first-order valence-corrected chi connectivity index (χ1v) is 9.94. The summed E-state index contributed by atoms with van der Waals surface area (Å²) in [6.07, 6.45) is 7.96. The number of aryl methyl sites for hydroxylation is 2. The summed E-state index contributed by atoms with van der Waals surface area (Å²) in [5.41, 5.74) is 1.95. The molecule has 0 amide bonds. The molecular formula is C20H19ClN2O3S. The molecule has 27 heavy (non-hydrogen) atoms. The van der Waals surface area contributed by atoms with Gasteiger partial charge in [-0.25, -0.2) is 4.98 Å². The SMILES string of the molecule is COc1cc(/C=C/c2nc3sc4c(c3c(=O)[nH]2)CCCC4)cc(Cl)c1OC. The van der Waals surface area contributed by atoms with Crippen LogP contribution in [0.15, 0.2) is 16.9 Å². The van der Waals surface area contributed by atoms with E-state index < -0.39 is 0 Å². The Morgan fingerprint density at radius 2 is 2.00 bits per heavy atom. The number of thiophene rings is 1. The predicted molar refractivity (Wildman–Crippen MR) is 110 cm³/mol. The topological polar surface area (TPSA) is 64.2 Å². The minimum absolute atomic E-state index is 0.0654. The molecule has 4 rings (SSSR count). The minimum atomic E-state index is -0.0654. The minimum Gasteiger partial charge on any atom is -0.493 e. The maximum Gasteiger partial charge on any atom is 0.260 e. The van der Waals surface area contributed by atoms with E-state index in [4.69, 9.17) is 21.1 Å². The molecule has 1 aliphatic rings. The molecule has 5 nitrogen and oxygen atoms in total. The van der Waals surface area contributed by atoms with Gasteiger partial charge < -0.3 is 14.5 Å². The molecule has 1 N–H and O–H groups in total. The molecular weight excluding hydrogens is 384 g/mol. The molecule has 0 spiro atoms. The van der Waals surface area contributed by atoms with Crippen molar-refractivity contribution in [1.29, 1.82) is 0 Å². The van der Waals surface area contributed by atoms with Crippen LogP contribution in [-0.2, 0) is 12.8 Å². The Morgan fingerprint density at radius 1 is 1.19 bits per heavy atom. The summed E-state index contributed by atoms with van der Waals surface area (Å²) in [7, 11) is 3.11. The van der Waals surface area contributed by atoms with Gasteiger partial charge in [0.1, 0.15) is 10.7 Å². The Balaban J connectivity index is 1.71. The standard InChI is InChI=1S/C20H19ClN2O3S/c1-25-14-10-11(9-13(21)18(14)26-2)7-8-16-22-19(24)17-12-5-3-4-6-15(12)27-20(17)23-16/h7-10H,3-6H2,1-2H3,(H,22,23,24)/b8-7+. The number of ether oxygens (including phenoxy) is 2. The summed E-state index contributed by atoms with van der Waals surface area (Å²) < 4.78 is 10.6. The van der Waals surface area contributed by atoms with Gasteiger partial charge in [-0.2, -0.15) is 0 Å². The Hall–Kier alpha value is -2.31. The van der Waals surface area contributed by atoms with E-state index in [9.17, 15) is 4.79 Å². The quantitative estimate of drug-likeness (QED) is 0.686. The van der Waals surface area contributed by atoms with Crippen molar-refractivity contribution < 1.29 is 9.47 Å². The van der Waals surface area contributed by atoms with Crippen molar-refractivity contribution in [2.45, 2.75) is 25.7 Å². The number of hydrogen-bond acceptors (Lipinski definition) is 5. The lowest BCUT2D eigenvalue weighted by molar-refractivity contribution is 0.355. The van der Waals surface area contributed by atoms with Gasteiger partial charge in [0.2, 0.25) is 0 Å². The van der Waals surface area contributed by atoms with E-state index in [1.165, 1.54) is 16.9 Å². The highest BCUT2D eigenvalue weighted by molar-refractivity contribution is 7.18. The Bertz CT molecular complexity index is 1100. The fraction of sp³-hybridized carbons (Fsp3) is 0.300. The third-order valence-corrected chi connectivity index (χ3v) is 6.20. The van der Waals surface area contributed by atoms with Gasteiger partial charge in [-0.1, -0.05) is 17.7 Å². The van der Waals surface area contributed by atoms with Gasteiger partial charge in [0, 0.05) is 4.88 Å². The molecule has 1 aliphatic carbocycles. The molecule has 0 fully saturated rings. The smallest absolute Gasteiger partial charge is 0.260 e. The molecule has 0 radical (unpaired) electrons. The summed E-state index contributed by atoms with van der Waals surface area (Å²) in [5.74, 6) is 1.57. The third-order valence-electron chi connectivity index (χ3n) is 4.73. The number of benzene rings is 1. The van der Waals surface area contributed by atoms with Crippen LogP contribution in [0.1, 0.15) is 34.7 Å². The Kier molecular flexibility index (Phi) is 4.93. The van der Waals surface area contributed by atoms with Crippen molar-refractivity contribution in [2.24, 2.45) is 0 Å². The van der Waals surface area contributed by atoms with E-state index in [-0.39, 0.29) is 5.56 Å². The molecule has 2 heterocycles. The van der Waals surface area contributed by atoms with Crippen LogP contribution in [0.5, 0.6) is 11.5 Å². The molecule has 1 aromatic carbocycles. The monoisotopic (exact) mass is 402 g/mol. The van der Waals surface area contributed by atoms with Crippen molar-refractivity contribution in [3.8, 4) is 11.5 Å². The average molecular weight is 403 g/mol. The highest BCUT2D eigenvalue weighted by Gasteiger charge is 2.19. The highest BCUT2D eigenvalue weighted by atomic mass is 35.5. The van der Waals surface area contributed by atoms with Crippen LogP contribution in [0, 0.1) is 0 Å². The molecule has 0 saturated heterocycles. The molecule has 140 valence electrons. The van der Waals surface area contributed by atoms with Crippen LogP contribution in [-0.4, -0.2) is 24.2 Å². The van der Waals surface area contributed by atoms with Crippen molar-refractivity contribution in [3.63, 3.8) is 0 Å². The average Bonchev–Trinajstić information content (AvgIpc) is 3.04. The summed E-state index contributed by atoms with van der Waals surface area (Å²) >= 11 is 7.89. The molecule has 7 heteroatoms. The van der Waals surface area contributed by atoms with Gasteiger partial charge in [0.15, 0.2) is 11.5 Å². The lowest BCUT2D eigenvalue weighted by Gasteiger charge is -2.10. The molecule has 2 aromatic heterocycles. The number of nitrogens with zero attached hydrogens (tertiary/aromatic N) is 1. The third kappa shape index (κ3) is 3.35. The predicted octanol–water partition coefficient (Wildman–Crippen LogP) is 4.70. The number of aromatic amines is 1. The van der Waals surface area contributed by atoms with Crippen LogP contribution in [0.25, 0.3) is 22.4 Å². The summed E-state index contributed by atoms with van der Waals surface area (Å²) in [6, 6.07) is 3.60. The molecule has 0 aliphatic heterocycles. The van der Waals surface area contributed by atoms with E-state index in [0.717, 1.165) is 35.0 Å². The van der Waals surface area contributed by atoms with E-state index >= 15 is 0 Å². The molecule has 3 aromatic rings. The number of rotatable bonds is 4. The van der Waals surface area contributed by atoms with E-state index in [2.05, 4.69) is 9.97 Å². The summed E-state index contributed by atoms with van der Waals surface area (Å²) in [6.45, 7) is 0. The maximum atomic E-state index is 12.6. The zero-order valence-corrected chi connectivity index (χ0v) is 16.7. The Morgan fingerprint density at radius 3 is 2.78 bits per heavy atom. The summed E-state index contributed by atoms with van der Waals surface area (Å²) in [4.78, 5) is 22.3. The molecule has 0 saturated carbocycles.